The third kappa shape index (κ3) is 3.94. The highest BCUT2D eigenvalue weighted by Gasteiger charge is 2.25. The maximum Gasteiger partial charge on any atom is 0.248 e. The van der Waals surface area contributed by atoms with E-state index < -0.39 is 10.0 Å². The second-order valence-electron chi connectivity index (χ2n) is 4.97. The quantitative estimate of drug-likeness (QED) is 0.884. The van der Waals surface area contributed by atoms with E-state index in [4.69, 9.17) is 16.3 Å². The molecule has 1 amide bonds. The number of carbonyl (C=O) groups excluding carboxylic acids is 1. The first-order valence-electron chi connectivity index (χ1n) is 6.41. The molecule has 1 aliphatic heterocycles. The van der Waals surface area contributed by atoms with Crippen LogP contribution in [-0.2, 0) is 19.6 Å². The molecule has 21 heavy (non-hydrogen) atoms. The highest BCUT2D eigenvalue weighted by Crippen LogP contribution is 2.19. The predicted octanol–water partition coefficient (Wildman–Crippen LogP) is 0.784. The molecule has 2 rings (SSSR count). The Morgan fingerprint density at radius 1 is 1.48 bits per heavy atom. The third-order valence-corrected chi connectivity index (χ3v) is 5.13. The molecular formula is C13H17ClN2O4S. The summed E-state index contributed by atoms with van der Waals surface area (Å²) in [5.74, 6) is -0.112. The van der Waals surface area contributed by atoms with Gasteiger partial charge in [-0.25, -0.2) is 13.1 Å². The number of morpholine rings is 1. The molecule has 0 aromatic heterocycles. The van der Waals surface area contributed by atoms with E-state index in [-0.39, 0.29) is 30.1 Å². The Balaban J connectivity index is 2.01. The summed E-state index contributed by atoms with van der Waals surface area (Å²) in [7, 11) is -1.99. The van der Waals surface area contributed by atoms with Gasteiger partial charge in [0, 0.05) is 25.2 Å². The first-order chi connectivity index (χ1) is 9.79. The molecule has 1 N–H and O–H groups in total. The van der Waals surface area contributed by atoms with E-state index >= 15 is 0 Å². The van der Waals surface area contributed by atoms with Crippen molar-refractivity contribution >= 4 is 27.5 Å². The van der Waals surface area contributed by atoms with E-state index in [0.717, 1.165) is 5.56 Å². The maximum absolute atomic E-state index is 12.2. The minimum absolute atomic E-state index is 0.0285. The lowest BCUT2D eigenvalue weighted by Gasteiger charge is -2.29. The Hall–Kier alpha value is -1.15. The zero-order valence-electron chi connectivity index (χ0n) is 11.8. The molecule has 0 radical (unpaired) electrons. The molecule has 0 bridgehead atoms. The zero-order chi connectivity index (χ0) is 15.6. The van der Waals surface area contributed by atoms with Crippen molar-refractivity contribution in [3.8, 4) is 0 Å². The molecule has 1 fully saturated rings. The van der Waals surface area contributed by atoms with Crippen LogP contribution < -0.4 is 4.72 Å². The lowest BCUT2D eigenvalue weighted by molar-refractivity contribution is -0.146. The summed E-state index contributed by atoms with van der Waals surface area (Å²) in [5.41, 5.74) is 0.811. The van der Waals surface area contributed by atoms with Gasteiger partial charge in [0.15, 0.2) is 0 Å². The van der Waals surface area contributed by atoms with Crippen molar-refractivity contribution in [3.63, 3.8) is 0 Å². The molecule has 8 heteroatoms. The number of likely N-dealkylation sites (N-methyl/N-ethyl adjacent to an activating group) is 1. The number of carbonyl (C=O) groups is 1. The molecule has 116 valence electrons. The molecule has 1 aromatic rings. The number of aryl methyl sites for hydroxylation is 1. The number of sulfonamides is 1. The fourth-order valence-corrected chi connectivity index (χ4v) is 3.25. The molecule has 1 aliphatic rings. The molecule has 1 atom stereocenters. The monoisotopic (exact) mass is 332 g/mol. The van der Waals surface area contributed by atoms with Gasteiger partial charge in [0.05, 0.1) is 11.0 Å². The Labute approximate surface area is 129 Å². The molecule has 6 nitrogen and oxygen atoms in total. The summed E-state index contributed by atoms with van der Waals surface area (Å²) in [4.78, 5) is 12.9. The maximum atomic E-state index is 12.2. The fourth-order valence-electron chi connectivity index (χ4n) is 1.91. The van der Waals surface area contributed by atoms with Gasteiger partial charge in [-0.15, -0.1) is 0 Å². The summed E-state index contributed by atoms with van der Waals surface area (Å²) in [6.07, 6.45) is -0.358. The van der Waals surface area contributed by atoms with Gasteiger partial charge in [0.1, 0.15) is 6.61 Å². The van der Waals surface area contributed by atoms with Gasteiger partial charge in [0.2, 0.25) is 15.9 Å². The SMILES string of the molecule is Cc1ccc(S(=O)(=O)NCC2CN(C)C(=O)CO2)cc1Cl. The standard InChI is InChI=1S/C13H17ClN2O4S/c1-9-3-4-11(5-12(9)14)21(18,19)15-6-10-7-16(2)13(17)8-20-10/h3-5,10,15H,6-8H2,1-2H3. The van der Waals surface area contributed by atoms with Crippen LogP contribution in [0.5, 0.6) is 0 Å². The predicted molar refractivity (Wildman–Crippen MR) is 78.8 cm³/mol. The normalized spacial score (nSPS) is 19.9. The largest absolute Gasteiger partial charge is 0.365 e. The van der Waals surface area contributed by atoms with Gasteiger partial charge in [-0.1, -0.05) is 17.7 Å². The van der Waals surface area contributed by atoms with Crippen molar-refractivity contribution in [2.24, 2.45) is 0 Å². The van der Waals surface area contributed by atoms with Crippen molar-refractivity contribution < 1.29 is 17.9 Å². The van der Waals surface area contributed by atoms with Crippen LogP contribution in [0.3, 0.4) is 0 Å². The zero-order valence-corrected chi connectivity index (χ0v) is 13.4. The highest BCUT2D eigenvalue weighted by molar-refractivity contribution is 7.89. The van der Waals surface area contributed by atoms with Crippen LogP contribution in [0.25, 0.3) is 0 Å². The van der Waals surface area contributed by atoms with Gasteiger partial charge in [0.25, 0.3) is 0 Å². The number of hydrogen-bond donors (Lipinski definition) is 1. The van der Waals surface area contributed by atoms with Gasteiger partial charge < -0.3 is 9.64 Å². The van der Waals surface area contributed by atoms with Crippen LogP contribution in [0.2, 0.25) is 5.02 Å². The summed E-state index contributed by atoms with van der Waals surface area (Å²) in [5, 5.41) is 0.400. The summed E-state index contributed by atoms with van der Waals surface area (Å²) < 4.78 is 32.1. The van der Waals surface area contributed by atoms with Crippen molar-refractivity contribution in [3.05, 3.63) is 28.8 Å². The van der Waals surface area contributed by atoms with Crippen molar-refractivity contribution in [1.29, 1.82) is 0 Å². The smallest absolute Gasteiger partial charge is 0.248 e. The van der Waals surface area contributed by atoms with E-state index in [1.165, 1.54) is 17.0 Å². The number of hydrogen-bond acceptors (Lipinski definition) is 4. The molecule has 1 unspecified atom stereocenters. The Kier molecular flexibility index (Phi) is 4.88. The van der Waals surface area contributed by atoms with Crippen LogP contribution in [0, 0.1) is 6.92 Å². The van der Waals surface area contributed by atoms with Crippen molar-refractivity contribution in [2.75, 3.05) is 26.7 Å². The molecule has 1 saturated heterocycles. The van der Waals surface area contributed by atoms with Gasteiger partial charge in [-0.05, 0) is 24.6 Å². The Morgan fingerprint density at radius 2 is 2.19 bits per heavy atom. The van der Waals surface area contributed by atoms with E-state index in [2.05, 4.69) is 4.72 Å². The van der Waals surface area contributed by atoms with Crippen LogP contribution in [-0.4, -0.2) is 52.1 Å². The van der Waals surface area contributed by atoms with Gasteiger partial charge in [-0.2, -0.15) is 0 Å². The minimum Gasteiger partial charge on any atom is -0.365 e. The first kappa shape index (κ1) is 16.2. The van der Waals surface area contributed by atoms with Crippen LogP contribution >= 0.6 is 11.6 Å². The van der Waals surface area contributed by atoms with E-state index in [9.17, 15) is 13.2 Å². The van der Waals surface area contributed by atoms with Crippen LogP contribution in [0.4, 0.5) is 0 Å². The van der Waals surface area contributed by atoms with E-state index in [1.807, 2.05) is 0 Å². The summed E-state index contributed by atoms with van der Waals surface area (Å²) in [6, 6.07) is 4.57. The average Bonchev–Trinajstić information content (AvgIpc) is 2.43. The molecule has 0 spiro atoms. The molecule has 0 aliphatic carbocycles. The molecule has 0 saturated carbocycles. The number of ether oxygens (including phenoxy) is 1. The van der Waals surface area contributed by atoms with E-state index in [1.54, 1.807) is 20.0 Å². The van der Waals surface area contributed by atoms with Crippen molar-refractivity contribution in [2.45, 2.75) is 17.9 Å². The summed E-state index contributed by atoms with van der Waals surface area (Å²) in [6.45, 7) is 2.23. The second-order valence-corrected chi connectivity index (χ2v) is 7.14. The van der Waals surface area contributed by atoms with Gasteiger partial charge >= 0.3 is 0 Å². The van der Waals surface area contributed by atoms with Crippen LogP contribution in [0.15, 0.2) is 23.1 Å². The molecule has 1 aromatic carbocycles. The average molecular weight is 333 g/mol. The number of halogens is 1. The number of nitrogens with zero attached hydrogens (tertiary/aromatic N) is 1. The van der Waals surface area contributed by atoms with E-state index in [0.29, 0.717) is 11.6 Å². The topological polar surface area (TPSA) is 75.7 Å². The van der Waals surface area contributed by atoms with Crippen LogP contribution in [0.1, 0.15) is 5.56 Å². The number of amides is 1. The molecule has 1 heterocycles. The van der Waals surface area contributed by atoms with Gasteiger partial charge in [-0.3, -0.25) is 4.79 Å². The second kappa shape index (κ2) is 6.31. The third-order valence-electron chi connectivity index (χ3n) is 3.30. The fraction of sp³-hybridized carbons (Fsp3) is 0.462. The number of benzene rings is 1. The number of nitrogens with one attached hydrogen (secondary N) is 1. The lowest BCUT2D eigenvalue weighted by Crippen LogP contribution is -2.48. The first-order valence-corrected chi connectivity index (χ1v) is 8.27. The van der Waals surface area contributed by atoms with Crippen molar-refractivity contribution in [1.82, 2.24) is 9.62 Å². The lowest BCUT2D eigenvalue weighted by atomic mass is 10.2. The Bertz CT molecular complexity index is 648. The highest BCUT2D eigenvalue weighted by atomic mass is 35.5. The summed E-state index contributed by atoms with van der Waals surface area (Å²) >= 11 is 5.94. The minimum atomic E-state index is -3.65. The number of rotatable bonds is 4. The Morgan fingerprint density at radius 3 is 2.81 bits per heavy atom. The molecular weight excluding hydrogens is 316 g/mol.